The summed E-state index contributed by atoms with van der Waals surface area (Å²) in [5.74, 6) is 0. The van der Waals surface area contributed by atoms with Crippen LogP contribution < -0.4 is 15.9 Å². The monoisotopic (exact) mass is 556 g/mol. The lowest BCUT2D eigenvalue weighted by molar-refractivity contribution is 0.514. The molecule has 0 amide bonds. The summed E-state index contributed by atoms with van der Waals surface area (Å²) in [6.45, 7) is 4.59. The van der Waals surface area contributed by atoms with Gasteiger partial charge >= 0.3 is 0 Å². The minimum Gasteiger partial charge on any atom is -0.0622 e. The molecule has 0 spiro atoms. The molecule has 6 rings (SSSR count). The van der Waals surface area contributed by atoms with Crippen LogP contribution in [0, 0.1) is 13.8 Å². The van der Waals surface area contributed by atoms with Crippen LogP contribution in [0.5, 0.6) is 0 Å². The highest BCUT2D eigenvalue weighted by atomic mass is 32.1. The van der Waals surface area contributed by atoms with Crippen LogP contribution in [0.25, 0.3) is 22.3 Å². The zero-order valence-corrected chi connectivity index (χ0v) is 25.4. The normalized spacial score (nSPS) is 15.4. The van der Waals surface area contributed by atoms with Gasteiger partial charge in [0.15, 0.2) is 0 Å². The Balaban J connectivity index is 1.55. The summed E-state index contributed by atoms with van der Waals surface area (Å²) < 4.78 is 0. The molecule has 0 aromatic heterocycles. The highest BCUT2D eigenvalue weighted by Crippen LogP contribution is 2.72. The molecule has 1 fully saturated rings. The maximum Gasteiger partial charge on any atom is -0.00712 e. The van der Waals surface area contributed by atoms with Gasteiger partial charge in [0, 0.05) is 0 Å². The quantitative estimate of drug-likeness (QED) is 0.175. The van der Waals surface area contributed by atoms with Crippen molar-refractivity contribution in [3.8, 4) is 22.3 Å². The Morgan fingerprint density at radius 2 is 1.07 bits per heavy atom. The van der Waals surface area contributed by atoms with Crippen LogP contribution in [0.15, 0.2) is 127 Å². The molecule has 2 heteroatoms. The molecule has 0 unspecified atom stereocenters. The number of benzene rings is 5. The second-order valence-corrected chi connectivity index (χ2v) is 17.0. The Labute approximate surface area is 242 Å². The van der Waals surface area contributed by atoms with E-state index in [1.807, 2.05) is 0 Å². The van der Waals surface area contributed by atoms with Gasteiger partial charge in [0.2, 0.25) is 0 Å². The molecule has 1 aliphatic rings. The molecular weight excluding hydrogens is 518 g/mol. The van der Waals surface area contributed by atoms with Crippen LogP contribution in [-0.2, 0) is 0 Å². The zero-order chi connectivity index (χ0) is 27.3. The van der Waals surface area contributed by atoms with Crippen LogP contribution in [0.4, 0.5) is 0 Å². The summed E-state index contributed by atoms with van der Waals surface area (Å²) in [7, 11) is -1.02. The fourth-order valence-corrected chi connectivity index (χ4v) is 15.6. The minimum atomic E-state index is -0.559. The molecule has 40 heavy (non-hydrogen) atoms. The number of rotatable bonds is 7. The molecule has 2 atom stereocenters. The maximum atomic E-state index is 2.49. The van der Waals surface area contributed by atoms with Gasteiger partial charge in [-0.25, -0.2) is 0 Å². The SMILES string of the molecule is Cc1ccccc1-c1c(C)cccc1[P@](C1CCCCC1)[P@@](c1ccccc1)c1ccc(-c2ccccc2)cc1. The fraction of sp³-hybridized carbons (Fsp3) is 0.211. The van der Waals surface area contributed by atoms with Gasteiger partial charge in [0.1, 0.15) is 0 Å². The third kappa shape index (κ3) is 5.72. The van der Waals surface area contributed by atoms with Crippen molar-refractivity contribution in [1.29, 1.82) is 0 Å². The average molecular weight is 557 g/mol. The van der Waals surface area contributed by atoms with Crippen LogP contribution in [0.1, 0.15) is 43.2 Å². The van der Waals surface area contributed by atoms with Gasteiger partial charge in [-0.3, -0.25) is 0 Å². The summed E-state index contributed by atoms with van der Waals surface area (Å²) in [6.07, 6.45) is 6.80. The van der Waals surface area contributed by atoms with Gasteiger partial charge < -0.3 is 0 Å². The van der Waals surface area contributed by atoms with E-state index in [4.69, 9.17) is 0 Å². The Hall–Kier alpha value is -3.04. The molecule has 0 N–H and O–H groups in total. The predicted molar refractivity (Wildman–Crippen MR) is 179 cm³/mol. The molecule has 0 radical (unpaired) electrons. The van der Waals surface area contributed by atoms with E-state index in [0.29, 0.717) is 0 Å². The van der Waals surface area contributed by atoms with Gasteiger partial charge in [0.05, 0.1) is 0 Å². The van der Waals surface area contributed by atoms with Crippen molar-refractivity contribution < 1.29 is 0 Å². The largest absolute Gasteiger partial charge is 0.0622 e. The third-order valence-electron chi connectivity index (χ3n) is 8.27. The van der Waals surface area contributed by atoms with E-state index >= 15 is 0 Å². The summed E-state index contributed by atoms with van der Waals surface area (Å²) in [6, 6.07) is 48.0. The fourth-order valence-electron chi connectivity index (χ4n) is 6.23. The molecule has 0 aliphatic heterocycles. The van der Waals surface area contributed by atoms with Gasteiger partial charge in [-0.05, 0) is 96.9 Å². The van der Waals surface area contributed by atoms with Crippen LogP contribution in [-0.4, -0.2) is 5.66 Å². The highest BCUT2D eigenvalue weighted by Gasteiger charge is 2.35. The summed E-state index contributed by atoms with van der Waals surface area (Å²) >= 11 is 0. The smallest absolute Gasteiger partial charge is 0.00712 e. The topological polar surface area (TPSA) is 0 Å². The van der Waals surface area contributed by atoms with E-state index in [9.17, 15) is 0 Å². The van der Waals surface area contributed by atoms with Gasteiger partial charge in [-0.1, -0.05) is 147 Å². The zero-order valence-electron chi connectivity index (χ0n) is 23.6. The molecule has 0 nitrogen and oxygen atoms in total. The van der Waals surface area contributed by atoms with Crippen molar-refractivity contribution in [3.05, 3.63) is 139 Å². The molecule has 0 bridgehead atoms. The first-order valence-electron chi connectivity index (χ1n) is 14.7. The van der Waals surface area contributed by atoms with Crippen LogP contribution >= 0.6 is 15.2 Å². The molecule has 1 saturated carbocycles. The van der Waals surface area contributed by atoms with Crippen LogP contribution in [0.2, 0.25) is 0 Å². The minimum absolute atomic E-state index is 0.462. The molecular formula is C38H38P2. The Bertz CT molecular complexity index is 1530. The molecule has 200 valence electrons. The van der Waals surface area contributed by atoms with E-state index in [1.54, 1.807) is 5.30 Å². The van der Waals surface area contributed by atoms with E-state index < -0.39 is 15.2 Å². The van der Waals surface area contributed by atoms with Gasteiger partial charge in [-0.2, -0.15) is 0 Å². The first-order valence-corrected chi connectivity index (χ1v) is 18.1. The molecule has 5 aromatic rings. The standard InChI is InChI=1S/C38H38P2/c1-29-15-12-13-23-36(29)38-30(2)16-14-24-37(38)40(34-21-10-5-11-22-34)39(33-19-8-4-9-20-33)35-27-25-32(26-28-35)31-17-6-3-7-18-31/h3-4,6-9,12-20,23-28,34H,5,10-11,21-22H2,1-2H3/t39-,40-/m0/s1. The number of aryl methyl sites for hydroxylation is 2. The van der Waals surface area contributed by atoms with Crippen molar-refractivity contribution in [3.63, 3.8) is 0 Å². The molecule has 5 aromatic carbocycles. The highest BCUT2D eigenvalue weighted by molar-refractivity contribution is 8.39. The Morgan fingerprint density at radius 1 is 0.500 bits per heavy atom. The third-order valence-corrected chi connectivity index (χ3v) is 16.7. The van der Waals surface area contributed by atoms with E-state index in [1.165, 1.54) is 76.1 Å². The molecule has 0 saturated heterocycles. The van der Waals surface area contributed by atoms with Gasteiger partial charge in [0.25, 0.3) is 0 Å². The number of hydrogen-bond acceptors (Lipinski definition) is 0. The maximum absolute atomic E-state index is 2.49. The lowest BCUT2D eigenvalue weighted by atomic mass is 9.97. The summed E-state index contributed by atoms with van der Waals surface area (Å²) in [4.78, 5) is 0. The van der Waals surface area contributed by atoms with Crippen molar-refractivity contribution in [2.75, 3.05) is 0 Å². The van der Waals surface area contributed by atoms with E-state index in [0.717, 1.165) is 5.66 Å². The van der Waals surface area contributed by atoms with E-state index in [2.05, 4.69) is 141 Å². The second-order valence-electron chi connectivity index (χ2n) is 11.0. The van der Waals surface area contributed by atoms with Crippen LogP contribution in [0.3, 0.4) is 0 Å². The lowest BCUT2D eigenvalue weighted by Gasteiger charge is -2.39. The average Bonchev–Trinajstić information content (AvgIpc) is 3.02. The Kier molecular flexibility index (Phi) is 8.58. The molecule has 1 aliphatic carbocycles. The molecule has 0 heterocycles. The van der Waals surface area contributed by atoms with Crippen molar-refractivity contribution in [2.24, 2.45) is 0 Å². The first kappa shape index (κ1) is 27.1. The van der Waals surface area contributed by atoms with E-state index in [-0.39, 0.29) is 0 Å². The van der Waals surface area contributed by atoms with Crippen molar-refractivity contribution in [2.45, 2.75) is 51.6 Å². The van der Waals surface area contributed by atoms with Gasteiger partial charge in [-0.15, -0.1) is 0 Å². The summed E-state index contributed by atoms with van der Waals surface area (Å²) in [5, 5.41) is 4.63. The second kappa shape index (κ2) is 12.6. The number of hydrogen-bond donors (Lipinski definition) is 0. The lowest BCUT2D eigenvalue weighted by Crippen LogP contribution is -2.24. The summed E-state index contributed by atoms with van der Waals surface area (Å²) in [5.41, 5.74) is 8.99. The van der Waals surface area contributed by atoms with Crippen molar-refractivity contribution >= 4 is 31.1 Å². The first-order chi connectivity index (χ1) is 19.7. The predicted octanol–water partition coefficient (Wildman–Crippen LogP) is 10.1. The van der Waals surface area contributed by atoms with Crippen molar-refractivity contribution in [1.82, 2.24) is 0 Å². The Morgan fingerprint density at radius 3 is 1.77 bits per heavy atom.